The van der Waals surface area contributed by atoms with Crippen LogP contribution in [-0.4, -0.2) is 27.8 Å². The molecule has 0 spiro atoms. The molecule has 0 radical (unpaired) electrons. The summed E-state index contributed by atoms with van der Waals surface area (Å²) in [6.07, 6.45) is 2.19. The Morgan fingerprint density at radius 2 is 1.94 bits per heavy atom. The van der Waals surface area contributed by atoms with Gasteiger partial charge in [0.25, 0.3) is 0 Å². The first kappa shape index (κ1) is 12.8. The maximum Gasteiger partial charge on any atom is 0.246 e. The van der Waals surface area contributed by atoms with Crippen molar-refractivity contribution in [2.24, 2.45) is 5.92 Å². The zero-order valence-corrected chi connectivity index (χ0v) is 10.7. The Bertz CT molecular complexity index is 303. The highest BCUT2D eigenvalue weighted by molar-refractivity contribution is 5.35. The Morgan fingerprint density at radius 1 is 1.31 bits per heavy atom. The summed E-state index contributed by atoms with van der Waals surface area (Å²) >= 11 is 0. The first-order chi connectivity index (χ1) is 7.58. The Balaban J connectivity index is 2.85. The first-order valence-corrected chi connectivity index (χ1v) is 6.02. The molecule has 0 aliphatic heterocycles. The maximum atomic E-state index is 5.57. The van der Waals surface area contributed by atoms with Gasteiger partial charge in [0, 0.05) is 12.6 Å². The molecule has 5 nitrogen and oxygen atoms in total. The number of hydrogen-bond donors (Lipinski definition) is 2. The van der Waals surface area contributed by atoms with Gasteiger partial charge in [-0.25, -0.2) is 5.10 Å². The summed E-state index contributed by atoms with van der Waals surface area (Å²) in [5.41, 5.74) is 5.57. The molecule has 3 N–H and O–H groups in total. The Morgan fingerprint density at radius 3 is 2.31 bits per heavy atom. The third-order valence-electron chi connectivity index (χ3n) is 2.69. The molecule has 0 aromatic carbocycles. The van der Waals surface area contributed by atoms with Crippen LogP contribution in [0.15, 0.2) is 0 Å². The molecule has 0 aliphatic rings. The average Bonchev–Trinajstić information content (AvgIpc) is 2.64. The van der Waals surface area contributed by atoms with Gasteiger partial charge < -0.3 is 10.6 Å². The van der Waals surface area contributed by atoms with E-state index in [1.807, 2.05) is 0 Å². The molecular formula is C11H23N5. The molecule has 0 unspecified atom stereocenters. The number of rotatable bonds is 6. The summed E-state index contributed by atoms with van der Waals surface area (Å²) in [4.78, 5) is 6.47. The fourth-order valence-corrected chi connectivity index (χ4v) is 1.91. The van der Waals surface area contributed by atoms with Crippen LogP contribution in [0.4, 0.5) is 11.9 Å². The van der Waals surface area contributed by atoms with E-state index in [-0.39, 0.29) is 0 Å². The summed E-state index contributed by atoms with van der Waals surface area (Å²) in [5, 5.41) is 6.85. The van der Waals surface area contributed by atoms with Crippen LogP contribution < -0.4 is 10.6 Å². The van der Waals surface area contributed by atoms with Crippen molar-refractivity contribution in [3.8, 4) is 0 Å². The SMILES string of the molecule is CCC(CC)N(CC(C)C)c1n[nH]c(N)n1. The molecule has 0 saturated carbocycles. The molecule has 0 amide bonds. The van der Waals surface area contributed by atoms with Gasteiger partial charge in [0.1, 0.15) is 0 Å². The second kappa shape index (κ2) is 5.72. The minimum absolute atomic E-state index is 0.384. The molecule has 0 bridgehead atoms. The van der Waals surface area contributed by atoms with Crippen molar-refractivity contribution < 1.29 is 0 Å². The second-order valence-electron chi connectivity index (χ2n) is 4.54. The lowest BCUT2D eigenvalue weighted by Crippen LogP contribution is -2.38. The predicted octanol–water partition coefficient (Wildman–Crippen LogP) is 2.04. The van der Waals surface area contributed by atoms with Crippen molar-refractivity contribution in [2.45, 2.75) is 46.6 Å². The largest absolute Gasteiger partial charge is 0.368 e. The van der Waals surface area contributed by atoms with Crippen molar-refractivity contribution in [1.82, 2.24) is 15.2 Å². The molecule has 16 heavy (non-hydrogen) atoms. The monoisotopic (exact) mass is 225 g/mol. The van der Waals surface area contributed by atoms with Crippen LogP contribution in [0.3, 0.4) is 0 Å². The lowest BCUT2D eigenvalue weighted by molar-refractivity contribution is 0.499. The van der Waals surface area contributed by atoms with Gasteiger partial charge in [0.05, 0.1) is 0 Å². The van der Waals surface area contributed by atoms with Crippen LogP contribution in [0.25, 0.3) is 0 Å². The van der Waals surface area contributed by atoms with Crippen molar-refractivity contribution >= 4 is 11.9 Å². The lowest BCUT2D eigenvalue weighted by atomic mass is 10.1. The molecule has 0 saturated heterocycles. The van der Waals surface area contributed by atoms with Crippen LogP contribution in [0, 0.1) is 5.92 Å². The summed E-state index contributed by atoms with van der Waals surface area (Å²) in [5.74, 6) is 1.69. The Labute approximate surface area is 97.4 Å². The Kier molecular flexibility index (Phi) is 4.58. The fraction of sp³-hybridized carbons (Fsp3) is 0.818. The number of nitrogens with one attached hydrogen (secondary N) is 1. The molecule has 0 atom stereocenters. The summed E-state index contributed by atoms with van der Waals surface area (Å²) in [7, 11) is 0. The standard InChI is InChI=1S/C11H23N5/c1-5-9(6-2)16(7-8(3)4)11-13-10(12)14-15-11/h8-9H,5-7H2,1-4H3,(H3,12,13,14,15). The maximum absolute atomic E-state index is 5.57. The normalized spacial score (nSPS) is 11.4. The molecule has 0 fully saturated rings. The van der Waals surface area contributed by atoms with Gasteiger partial charge in [-0.2, -0.15) is 4.98 Å². The number of anilines is 2. The van der Waals surface area contributed by atoms with Crippen LogP contribution in [0.5, 0.6) is 0 Å². The van der Waals surface area contributed by atoms with Crippen LogP contribution in [-0.2, 0) is 0 Å². The summed E-state index contributed by atoms with van der Waals surface area (Å²) in [6.45, 7) is 9.75. The van der Waals surface area contributed by atoms with Crippen LogP contribution in [0.2, 0.25) is 0 Å². The van der Waals surface area contributed by atoms with Crippen molar-refractivity contribution in [3.63, 3.8) is 0 Å². The van der Waals surface area contributed by atoms with E-state index in [1.165, 1.54) is 0 Å². The summed E-state index contributed by atoms with van der Waals surface area (Å²) < 4.78 is 0. The number of nitrogen functional groups attached to an aromatic ring is 1. The zero-order valence-electron chi connectivity index (χ0n) is 10.7. The van der Waals surface area contributed by atoms with Gasteiger partial charge in [-0.15, -0.1) is 5.10 Å². The molecular weight excluding hydrogens is 202 g/mol. The third kappa shape index (κ3) is 3.12. The van der Waals surface area contributed by atoms with E-state index in [0.717, 1.165) is 25.3 Å². The van der Waals surface area contributed by atoms with E-state index in [1.54, 1.807) is 0 Å². The van der Waals surface area contributed by atoms with Crippen molar-refractivity contribution in [2.75, 3.05) is 17.2 Å². The van der Waals surface area contributed by atoms with E-state index in [0.29, 0.717) is 17.9 Å². The lowest BCUT2D eigenvalue weighted by Gasteiger charge is -2.30. The molecule has 1 aromatic rings. The number of nitrogens with zero attached hydrogens (tertiary/aromatic N) is 3. The van der Waals surface area contributed by atoms with Gasteiger partial charge in [-0.05, 0) is 18.8 Å². The van der Waals surface area contributed by atoms with Crippen molar-refractivity contribution in [3.05, 3.63) is 0 Å². The highest BCUT2D eigenvalue weighted by Crippen LogP contribution is 2.18. The fourth-order valence-electron chi connectivity index (χ4n) is 1.91. The molecule has 92 valence electrons. The Hall–Kier alpha value is -1.26. The zero-order chi connectivity index (χ0) is 12.1. The minimum atomic E-state index is 0.384. The number of H-pyrrole nitrogens is 1. The minimum Gasteiger partial charge on any atom is -0.368 e. The van der Waals surface area contributed by atoms with Crippen molar-refractivity contribution in [1.29, 1.82) is 0 Å². The molecule has 1 aromatic heterocycles. The first-order valence-electron chi connectivity index (χ1n) is 6.02. The third-order valence-corrected chi connectivity index (χ3v) is 2.69. The van der Waals surface area contributed by atoms with Gasteiger partial charge in [0.2, 0.25) is 11.9 Å². The van der Waals surface area contributed by atoms with Gasteiger partial charge in [-0.1, -0.05) is 27.7 Å². The van der Waals surface area contributed by atoms with E-state index in [4.69, 9.17) is 5.73 Å². The molecule has 1 heterocycles. The van der Waals surface area contributed by atoms with Crippen LogP contribution >= 0.6 is 0 Å². The van der Waals surface area contributed by atoms with E-state index < -0.39 is 0 Å². The second-order valence-corrected chi connectivity index (χ2v) is 4.54. The molecule has 1 rings (SSSR count). The predicted molar refractivity (Wildman–Crippen MR) is 67.3 cm³/mol. The molecule has 0 aliphatic carbocycles. The van der Waals surface area contributed by atoms with E-state index >= 15 is 0 Å². The number of nitrogens with two attached hydrogens (primary N) is 1. The quantitative estimate of drug-likeness (QED) is 0.777. The number of aromatic nitrogens is 3. The van der Waals surface area contributed by atoms with Crippen LogP contribution in [0.1, 0.15) is 40.5 Å². The van der Waals surface area contributed by atoms with Gasteiger partial charge >= 0.3 is 0 Å². The summed E-state index contributed by atoms with van der Waals surface area (Å²) in [6, 6.07) is 0.484. The van der Waals surface area contributed by atoms with Gasteiger partial charge in [-0.3, -0.25) is 0 Å². The smallest absolute Gasteiger partial charge is 0.246 e. The number of aromatic amines is 1. The highest BCUT2D eigenvalue weighted by atomic mass is 15.4. The van der Waals surface area contributed by atoms with Gasteiger partial charge in [0.15, 0.2) is 0 Å². The molecule has 5 heteroatoms. The van der Waals surface area contributed by atoms with E-state index in [2.05, 4.69) is 47.8 Å². The number of hydrogen-bond acceptors (Lipinski definition) is 4. The highest BCUT2D eigenvalue weighted by Gasteiger charge is 2.20. The average molecular weight is 225 g/mol. The van der Waals surface area contributed by atoms with E-state index in [9.17, 15) is 0 Å². The topological polar surface area (TPSA) is 70.8 Å².